The minimum atomic E-state index is -0.231. The fourth-order valence-corrected chi connectivity index (χ4v) is 2.68. The van der Waals surface area contributed by atoms with Crippen LogP contribution in [-0.2, 0) is 9.53 Å². The molecule has 0 radical (unpaired) electrons. The Bertz CT molecular complexity index is 416. The number of halogens is 1. The first-order valence-corrected chi connectivity index (χ1v) is 7.18. The maximum atomic E-state index is 12.2. The normalized spacial score (nSPS) is 18.0. The van der Waals surface area contributed by atoms with Crippen molar-refractivity contribution in [2.45, 2.75) is 13.0 Å². The molecule has 0 saturated carbocycles. The van der Waals surface area contributed by atoms with E-state index in [-0.39, 0.29) is 12.0 Å². The van der Waals surface area contributed by atoms with Crippen LogP contribution in [-0.4, -0.2) is 38.8 Å². The van der Waals surface area contributed by atoms with Gasteiger partial charge in [-0.25, -0.2) is 4.79 Å². The third-order valence-corrected chi connectivity index (χ3v) is 3.73. The molecular formula is C14H21ClN2O2+2. The van der Waals surface area contributed by atoms with Gasteiger partial charge in [0.05, 0.1) is 6.61 Å². The maximum absolute atomic E-state index is 12.2. The number of benzene rings is 1. The van der Waals surface area contributed by atoms with Gasteiger partial charge in [-0.05, 0) is 19.1 Å². The van der Waals surface area contributed by atoms with E-state index in [2.05, 4.69) is 5.32 Å². The molecule has 5 heteroatoms. The third kappa shape index (κ3) is 3.69. The van der Waals surface area contributed by atoms with Crippen molar-refractivity contribution < 1.29 is 19.7 Å². The average molecular weight is 285 g/mol. The van der Waals surface area contributed by atoms with Crippen molar-refractivity contribution in [3.8, 4) is 0 Å². The van der Waals surface area contributed by atoms with Gasteiger partial charge in [-0.3, -0.25) is 0 Å². The van der Waals surface area contributed by atoms with Gasteiger partial charge in [0, 0.05) is 10.6 Å². The zero-order valence-electron chi connectivity index (χ0n) is 11.2. The second-order valence-electron chi connectivity index (χ2n) is 4.76. The Morgan fingerprint density at radius 2 is 2.00 bits per heavy atom. The zero-order chi connectivity index (χ0) is 13.7. The fraction of sp³-hybridized carbons (Fsp3) is 0.500. The van der Waals surface area contributed by atoms with E-state index in [0.717, 1.165) is 31.7 Å². The number of piperazine rings is 1. The molecule has 1 heterocycles. The Morgan fingerprint density at radius 1 is 1.37 bits per heavy atom. The van der Waals surface area contributed by atoms with Crippen LogP contribution < -0.4 is 10.2 Å². The SMILES string of the molecule is CCOC(=O)[C@H](c1ccc(Cl)cc1)[NH+]1CC[NH2+]CC1. The zero-order valence-corrected chi connectivity index (χ0v) is 12.0. The van der Waals surface area contributed by atoms with Gasteiger partial charge in [0.1, 0.15) is 26.2 Å². The molecule has 3 N–H and O–H groups in total. The van der Waals surface area contributed by atoms with E-state index in [1.54, 1.807) is 0 Å². The topological polar surface area (TPSA) is 47.4 Å². The van der Waals surface area contributed by atoms with Crippen LogP contribution >= 0.6 is 11.6 Å². The molecule has 104 valence electrons. The van der Waals surface area contributed by atoms with Crippen LogP contribution in [0.25, 0.3) is 0 Å². The lowest BCUT2D eigenvalue weighted by atomic mass is 10.0. The lowest BCUT2D eigenvalue weighted by Crippen LogP contribution is -3.21. The van der Waals surface area contributed by atoms with E-state index in [1.807, 2.05) is 31.2 Å². The third-order valence-electron chi connectivity index (χ3n) is 3.47. The van der Waals surface area contributed by atoms with Gasteiger partial charge in [0.25, 0.3) is 0 Å². The molecule has 19 heavy (non-hydrogen) atoms. The number of carbonyl (C=O) groups is 1. The highest BCUT2D eigenvalue weighted by molar-refractivity contribution is 6.30. The number of hydrogen-bond acceptors (Lipinski definition) is 2. The number of nitrogens with two attached hydrogens (primary N) is 1. The van der Waals surface area contributed by atoms with Gasteiger partial charge in [0.2, 0.25) is 6.04 Å². The molecule has 1 aromatic rings. The lowest BCUT2D eigenvalue weighted by Gasteiger charge is -2.29. The molecule has 1 saturated heterocycles. The summed E-state index contributed by atoms with van der Waals surface area (Å²) >= 11 is 5.91. The van der Waals surface area contributed by atoms with Crippen molar-refractivity contribution in [1.82, 2.24) is 0 Å². The minimum Gasteiger partial charge on any atom is -0.461 e. The van der Waals surface area contributed by atoms with Crippen molar-refractivity contribution in [1.29, 1.82) is 0 Å². The van der Waals surface area contributed by atoms with Crippen molar-refractivity contribution in [2.24, 2.45) is 0 Å². The first kappa shape index (κ1) is 14.3. The summed E-state index contributed by atoms with van der Waals surface area (Å²) in [6.07, 6.45) is 0. The van der Waals surface area contributed by atoms with E-state index in [0.29, 0.717) is 11.6 Å². The Morgan fingerprint density at radius 3 is 2.58 bits per heavy atom. The largest absolute Gasteiger partial charge is 0.461 e. The molecule has 0 amide bonds. The highest BCUT2D eigenvalue weighted by Gasteiger charge is 2.34. The molecule has 1 atom stereocenters. The molecule has 4 nitrogen and oxygen atoms in total. The summed E-state index contributed by atoms with van der Waals surface area (Å²) in [7, 11) is 0. The maximum Gasteiger partial charge on any atom is 0.369 e. The molecule has 1 aromatic carbocycles. The smallest absolute Gasteiger partial charge is 0.369 e. The van der Waals surface area contributed by atoms with Crippen LogP contribution in [0.15, 0.2) is 24.3 Å². The quantitative estimate of drug-likeness (QED) is 0.726. The second kappa shape index (κ2) is 6.89. The van der Waals surface area contributed by atoms with E-state index in [4.69, 9.17) is 16.3 Å². The predicted molar refractivity (Wildman–Crippen MR) is 73.2 cm³/mol. The highest BCUT2D eigenvalue weighted by Crippen LogP contribution is 2.16. The summed E-state index contributed by atoms with van der Waals surface area (Å²) in [5, 5.41) is 2.97. The van der Waals surface area contributed by atoms with Crippen LogP contribution in [0.5, 0.6) is 0 Å². The molecule has 1 aliphatic heterocycles. The second-order valence-corrected chi connectivity index (χ2v) is 5.20. The highest BCUT2D eigenvalue weighted by atomic mass is 35.5. The molecule has 2 rings (SSSR count). The van der Waals surface area contributed by atoms with Gasteiger partial charge >= 0.3 is 5.97 Å². The van der Waals surface area contributed by atoms with Crippen LogP contribution in [0.2, 0.25) is 5.02 Å². The Kier molecular flexibility index (Phi) is 5.19. The summed E-state index contributed by atoms with van der Waals surface area (Å²) in [5.74, 6) is -0.137. The first-order chi connectivity index (χ1) is 9.22. The molecule has 0 aromatic heterocycles. The average Bonchev–Trinajstić information content (AvgIpc) is 2.43. The number of quaternary nitrogens is 2. The summed E-state index contributed by atoms with van der Waals surface area (Å²) in [6, 6.07) is 7.28. The summed E-state index contributed by atoms with van der Waals surface area (Å²) in [6.45, 7) is 6.33. The van der Waals surface area contributed by atoms with Gasteiger partial charge in [-0.2, -0.15) is 0 Å². The molecule has 1 aliphatic rings. The minimum absolute atomic E-state index is 0.137. The first-order valence-electron chi connectivity index (χ1n) is 6.80. The summed E-state index contributed by atoms with van der Waals surface area (Å²) in [4.78, 5) is 13.5. The number of nitrogens with one attached hydrogen (secondary N) is 1. The summed E-state index contributed by atoms with van der Waals surface area (Å²) in [5.41, 5.74) is 0.986. The number of ether oxygens (including phenoxy) is 1. The lowest BCUT2D eigenvalue weighted by molar-refractivity contribution is -0.965. The van der Waals surface area contributed by atoms with Crippen LogP contribution in [0.1, 0.15) is 18.5 Å². The van der Waals surface area contributed by atoms with Gasteiger partial charge in [-0.1, -0.05) is 23.7 Å². The van der Waals surface area contributed by atoms with Gasteiger partial charge < -0.3 is 15.0 Å². The molecule has 0 spiro atoms. The van der Waals surface area contributed by atoms with E-state index in [9.17, 15) is 4.79 Å². The molecule has 0 unspecified atom stereocenters. The van der Waals surface area contributed by atoms with E-state index in [1.165, 1.54) is 4.90 Å². The van der Waals surface area contributed by atoms with Crippen molar-refractivity contribution in [3.05, 3.63) is 34.9 Å². The van der Waals surface area contributed by atoms with E-state index >= 15 is 0 Å². The van der Waals surface area contributed by atoms with Crippen LogP contribution in [0, 0.1) is 0 Å². The monoisotopic (exact) mass is 284 g/mol. The van der Waals surface area contributed by atoms with Gasteiger partial charge in [-0.15, -0.1) is 0 Å². The molecule has 1 fully saturated rings. The standard InChI is InChI=1S/C14H19ClN2O2/c1-2-19-14(18)13(17-9-7-16-8-10-17)11-3-5-12(15)6-4-11/h3-6,13,16H,2,7-10H2,1H3/p+2/t13-/m0/s1. The number of rotatable bonds is 4. The Hall–Kier alpha value is -1.10. The molecular weight excluding hydrogens is 264 g/mol. The fourth-order valence-electron chi connectivity index (χ4n) is 2.55. The molecule has 0 aliphatic carbocycles. The van der Waals surface area contributed by atoms with Crippen LogP contribution in [0.4, 0.5) is 0 Å². The van der Waals surface area contributed by atoms with Crippen molar-refractivity contribution in [2.75, 3.05) is 32.8 Å². The summed E-state index contributed by atoms with van der Waals surface area (Å²) < 4.78 is 5.24. The Labute approximate surface area is 118 Å². The van der Waals surface area contributed by atoms with Crippen LogP contribution in [0.3, 0.4) is 0 Å². The van der Waals surface area contributed by atoms with Crippen molar-refractivity contribution in [3.63, 3.8) is 0 Å². The van der Waals surface area contributed by atoms with Gasteiger partial charge in [0.15, 0.2) is 0 Å². The van der Waals surface area contributed by atoms with Crippen molar-refractivity contribution >= 4 is 17.6 Å². The number of hydrogen-bond donors (Lipinski definition) is 2. The predicted octanol–water partition coefficient (Wildman–Crippen LogP) is -0.594. The number of carbonyl (C=O) groups excluding carboxylic acids is 1. The Balaban J connectivity index is 2.22. The molecule has 0 bridgehead atoms. The van der Waals surface area contributed by atoms with E-state index < -0.39 is 0 Å². The number of esters is 1.